The monoisotopic (exact) mass is 471 g/mol. The molecule has 0 bridgehead atoms. The van der Waals surface area contributed by atoms with Gasteiger partial charge in [0.05, 0.1) is 35.2 Å². The van der Waals surface area contributed by atoms with Crippen LogP contribution < -0.4 is 10.5 Å². The SMILES string of the molecule is Nc1nc2ccc(C(=O)N3CCCC4Oc5c(ccc(C(F)(F)F)c5F)C43)cc2n2cncc12. The number of rotatable bonds is 1. The topological polar surface area (TPSA) is 85.8 Å². The van der Waals surface area contributed by atoms with Crippen LogP contribution in [0.3, 0.4) is 0 Å². The van der Waals surface area contributed by atoms with Crippen LogP contribution in [-0.4, -0.2) is 37.8 Å². The second-order valence-corrected chi connectivity index (χ2v) is 8.43. The van der Waals surface area contributed by atoms with Crippen molar-refractivity contribution in [2.24, 2.45) is 0 Å². The van der Waals surface area contributed by atoms with Crippen LogP contribution in [-0.2, 0) is 6.18 Å². The summed E-state index contributed by atoms with van der Waals surface area (Å²) in [4.78, 5) is 23.6. The molecule has 2 N–H and O–H groups in total. The summed E-state index contributed by atoms with van der Waals surface area (Å²) in [6.45, 7) is 0.365. The van der Waals surface area contributed by atoms with Gasteiger partial charge in [-0.3, -0.25) is 9.20 Å². The molecule has 7 nitrogen and oxygen atoms in total. The Balaban J connectivity index is 1.42. The normalized spacial score (nSPS) is 19.8. The lowest BCUT2D eigenvalue weighted by Gasteiger charge is -2.36. The number of nitrogens with two attached hydrogens (primary N) is 1. The van der Waals surface area contributed by atoms with E-state index in [0.717, 1.165) is 0 Å². The Morgan fingerprint density at radius 3 is 2.79 bits per heavy atom. The van der Waals surface area contributed by atoms with E-state index in [4.69, 9.17) is 10.5 Å². The number of nitrogen functional groups attached to an aromatic ring is 1. The fourth-order valence-electron chi connectivity index (χ4n) is 4.95. The molecular weight excluding hydrogens is 454 g/mol. The minimum Gasteiger partial charge on any atom is -0.484 e. The number of fused-ring (bicyclic) bond motifs is 6. The number of nitrogens with zero attached hydrogens (tertiary/aromatic N) is 4. The zero-order chi connectivity index (χ0) is 23.8. The van der Waals surface area contributed by atoms with Gasteiger partial charge in [0.15, 0.2) is 11.6 Å². The summed E-state index contributed by atoms with van der Waals surface area (Å²) >= 11 is 0. The molecule has 2 aromatic heterocycles. The molecule has 6 rings (SSSR count). The van der Waals surface area contributed by atoms with Crippen LogP contribution in [0.15, 0.2) is 42.9 Å². The van der Waals surface area contributed by atoms with E-state index >= 15 is 0 Å². The van der Waals surface area contributed by atoms with Crippen molar-refractivity contribution in [1.29, 1.82) is 0 Å². The highest BCUT2D eigenvalue weighted by Gasteiger charge is 2.46. The molecular formula is C23H17F4N5O2. The van der Waals surface area contributed by atoms with Gasteiger partial charge in [0.2, 0.25) is 0 Å². The van der Waals surface area contributed by atoms with Crippen LogP contribution in [0.5, 0.6) is 5.75 Å². The first kappa shape index (κ1) is 20.7. The van der Waals surface area contributed by atoms with Gasteiger partial charge in [0.25, 0.3) is 5.91 Å². The molecule has 4 heterocycles. The number of benzene rings is 2. The minimum absolute atomic E-state index is 0.246. The Morgan fingerprint density at radius 1 is 1.18 bits per heavy atom. The summed E-state index contributed by atoms with van der Waals surface area (Å²) < 4.78 is 61.6. The maximum absolute atomic E-state index is 14.7. The lowest BCUT2D eigenvalue weighted by molar-refractivity contribution is -0.140. The molecule has 2 aromatic carbocycles. The summed E-state index contributed by atoms with van der Waals surface area (Å²) in [5.74, 6) is -1.90. The number of carbonyl (C=O) groups excluding carboxylic acids is 1. The number of carbonyl (C=O) groups is 1. The number of hydrogen-bond acceptors (Lipinski definition) is 5. The molecule has 2 unspecified atom stereocenters. The molecule has 2 atom stereocenters. The van der Waals surface area contributed by atoms with Crippen LogP contribution in [0, 0.1) is 5.82 Å². The minimum atomic E-state index is -4.84. The van der Waals surface area contributed by atoms with Gasteiger partial charge >= 0.3 is 6.18 Å². The molecule has 11 heteroatoms. The zero-order valence-corrected chi connectivity index (χ0v) is 17.5. The van der Waals surface area contributed by atoms with E-state index in [-0.39, 0.29) is 11.5 Å². The number of aromatic nitrogens is 3. The average molecular weight is 471 g/mol. The van der Waals surface area contributed by atoms with Crippen molar-refractivity contribution >= 4 is 28.3 Å². The molecule has 174 valence electrons. The first-order chi connectivity index (χ1) is 16.2. The number of halogens is 4. The molecule has 0 spiro atoms. The molecule has 4 aromatic rings. The van der Waals surface area contributed by atoms with Gasteiger partial charge < -0.3 is 15.4 Å². The summed E-state index contributed by atoms with van der Waals surface area (Å²) in [5.41, 5.74) is 7.00. The molecule has 2 aliphatic heterocycles. The Morgan fingerprint density at radius 2 is 2.00 bits per heavy atom. The number of amides is 1. The van der Waals surface area contributed by atoms with Gasteiger partial charge in [-0.15, -0.1) is 0 Å². The number of likely N-dealkylation sites (tertiary alicyclic amines) is 1. The quantitative estimate of drug-likeness (QED) is 0.417. The van der Waals surface area contributed by atoms with Crippen LogP contribution in [0.1, 0.15) is 40.4 Å². The summed E-state index contributed by atoms with van der Waals surface area (Å²) in [6, 6.07) is 6.20. The van der Waals surface area contributed by atoms with Crippen LogP contribution >= 0.6 is 0 Å². The number of imidazole rings is 1. The van der Waals surface area contributed by atoms with Gasteiger partial charge in [0, 0.05) is 17.7 Å². The number of hydrogen-bond donors (Lipinski definition) is 1. The average Bonchev–Trinajstić information content (AvgIpc) is 3.44. The third-order valence-corrected chi connectivity index (χ3v) is 6.48. The molecule has 0 radical (unpaired) electrons. The standard InChI is InChI=1S/C23H17F4N5O2/c24-18-13(23(25,26)27)5-4-12-19-17(34-20(12)18)2-1-7-31(19)22(33)11-3-6-14-15(8-11)32-10-29-9-16(32)21(28)30-14/h3-6,8-10,17,19H,1-2,7H2,(H2,28,30). The summed E-state index contributed by atoms with van der Waals surface area (Å²) in [6.07, 6.45) is -1.24. The zero-order valence-electron chi connectivity index (χ0n) is 17.5. The smallest absolute Gasteiger partial charge is 0.419 e. The van der Waals surface area contributed by atoms with Crippen LogP contribution in [0.25, 0.3) is 16.6 Å². The van der Waals surface area contributed by atoms with Crippen LogP contribution in [0.2, 0.25) is 0 Å². The maximum Gasteiger partial charge on any atom is 0.419 e. The van der Waals surface area contributed by atoms with E-state index in [1.54, 1.807) is 40.0 Å². The summed E-state index contributed by atoms with van der Waals surface area (Å²) in [5, 5.41) is 0. The predicted molar refractivity (Wildman–Crippen MR) is 114 cm³/mol. The molecule has 0 aliphatic carbocycles. The lowest BCUT2D eigenvalue weighted by atomic mass is 9.93. The van der Waals surface area contributed by atoms with E-state index in [1.807, 2.05) is 0 Å². The van der Waals surface area contributed by atoms with Crippen molar-refractivity contribution in [1.82, 2.24) is 19.3 Å². The van der Waals surface area contributed by atoms with E-state index in [9.17, 15) is 22.4 Å². The largest absolute Gasteiger partial charge is 0.484 e. The van der Waals surface area contributed by atoms with E-state index in [0.29, 0.717) is 53.4 Å². The molecule has 1 amide bonds. The van der Waals surface area contributed by atoms with Crippen molar-refractivity contribution in [2.45, 2.75) is 31.2 Å². The third kappa shape index (κ3) is 2.92. The second kappa shape index (κ2) is 7.05. The predicted octanol–water partition coefficient (Wildman–Crippen LogP) is 4.36. The fraction of sp³-hybridized carbons (Fsp3) is 0.261. The first-order valence-corrected chi connectivity index (χ1v) is 10.6. The number of anilines is 1. The number of alkyl halides is 3. The highest BCUT2D eigenvalue weighted by molar-refractivity contribution is 5.98. The van der Waals surface area contributed by atoms with Crippen LogP contribution in [0.4, 0.5) is 23.4 Å². The molecule has 1 fully saturated rings. The highest BCUT2D eigenvalue weighted by Crippen LogP contribution is 2.48. The van der Waals surface area contributed by atoms with Gasteiger partial charge in [0.1, 0.15) is 17.4 Å². The van der Waals surface area contributed by atoms with Gasteiger partial charge in [-0.05, 0) is 37.1 Å². The van der Waals surface area contributed by atoms with E-state index in [2.05, 4.69) is 9.97 Å². The lowest BCUT2D eigenvalue weighted by Crippen LogP contribution is -2.44. The molecule has 2 aliphatic rings. The van der Waals surface area contributed by atoms with Gasteiger partial charge in [-0.1, -0.05) is 6.07 Å². The third-order valence-electron chi connectivity index (χ3n) is 6.48. The second-order valence-electron chi connectivity index (χ2n) is 8.43. The van der Waals surface area contributed by atoms with E-state index < -0.39 is 35.5 Å². The highest BCUT2D eigenvalue weighted by atomic mass is 19.4. The van der Waals surface area contributed by atoms with Gasteiger partial charge in [-0.25, -0.2) is 14.4 Å². The number of ether oxygens (including phenoxy) is 1. The summed E-state index contributed by atoms with van der Waals surface area (Å²) in [7, 11) is 0. The Bertz CT molecular complexity index is 1480. The van der Waals surface area contributed by atoms with Crippen molar-refractivity contribution in [2.75, 3.05) is 12.3 Å². The molecule has 1 saturated heterocycles. The fourth-order valence-corrected chi connectivity index (χ4v) is 4.95. The first-order valence-electron chi connectivity index (χ1n) is 10.6. The van der Waals surface area contributed by atoms with Crippen molar-refractivity contribution in [3.8, 4) is 5.75 Å². The Hall–Kier alpha value is -3.89. The molecule has 34 heavy (non-hydrogen) atoms. The molecule has 0 saturated carbocycles. The Labute approximate surface area is 189 Å². The maximum atomic E-state index is 14.7. The van der Waals surface area contributed by atoms with Crippen molar-refractivity contribution in [3.05, 3.63) is 65.4 Å². The Kier molecular flexibility index (Phi) is 4.29. The van der Waals surface area contributed by atoms with Gasteiger partial charge in [-0.2, -0.15) is 13.2 Å². The number of piperidine rings is 1. The van der Waals surface area contributed by atoms with Crippen molar-refractivity contribution < 1.29 is 27.1 Å². The van der Waals surface area contributed by atoms with Crippen molar-refractivity contribution in [3.63, 3.8) is 0 Å². The van der Waals surface area contributed by atoms with E-state index in [1.165, 1.54) is 6.07 Å².